The van der Waals surface area contributed by atoms with Crippen LogP contribution in [0.5, 0.6) is 0 Å². The number of anilines is 1. The second-order valence-corrected chi connectivity index (χ2v) is 3.79. The number of aryl methyl sites for hydroxylation is 1. The molecule has 4 heteroatoms. The molecule has 1 N–H and O–H groups in total. The third-order valence-corrected chi connectivity index (χ3v) is 2.48. The van der Waals surface area contributed by atoms with Gasteiger partial charge in [-0.05, 0) is 37.1 Å². The minimum atomic E-state index is -0.195. The molecule has 0 radical (unpaired) electrons. The Balaban J connectivity index is 2.30. The maximum atomic E-state index is 13.1. The molecule has 1 heterocycles. The Kier molecular flexibility index (Phi) is 3.32. The molecule has 17 heavy (non-hydrogen) atoms. The molecule has 0 aliphatic carbocycles. The van der Waals surface area contributed by atoms with E-state index >= 15 is 0 Å². The summed E-state index contributed by atoms with van der Waals surface area (Å²) in [7, 11) is 0. The van der Waals surface area contributed by atoms with Gasteiger partial charge in [0.05, 0.1) is 0 Å². The Labute approximate surface area is 99.7 Å². The average Bonchev–Trinajstić information content (AvgIpc) is 2.34. The van der Waals surface area contributed by atoms with E-state index in [0.717, 1.165) is 17.7 Å². The fourth-order valence-corrected chi connectivity index (χ4v) is 1.55. The molecule has 0 atom stereocenters. The number of aromatic nitrogens is 2. The molecule has 88 valence electrons. The van der Waals surface area contributed by atoms with Gasteiger partial charge in [-0.3, -0.25) is 0 Å². The predicted molar refractivity (Wildman–Crippen MR) is 66.3 cm³/mol. The number of nitrogens with zero attached hydrogens (tertiary/aromatic N) is 2. The van der Waals surface area contributed by atoms with Crippen molar-refractivity contribution in [2.24, 2.45) is 0 Å². The number of benzene rings is 1. The lowest BCUT2D eigenvalue weighted by Crippen LogP contribution is -2.01. The molecule has 2 rings (SSSR count). The van der Waals surface area contributed by atoms with Crippen LogP contribution in [0.25, 0.3) is 11.1 Å². The Morgan fingerprint density at radius 2 is 1.88 bits per heavy atom. The van der Waals surface area contributed by atoms with Crippen molar-refractivity contribution < 1.29 is 4.39 Å². The first kappa shape index (κ1) is 11.5. The summed E-state index contributed by atoms with van der Waals surface area (Å²) in [4.78, 5) is 8.36. The molecule has 3 nitrogen and oxygen atoms in total. The number of halogens is 1. The Bertz CT molecular complexity index is 509. The monoisotopic (exact) mass is 231 g/mol. The molecule has 1 aromatic carbocycles. The van der Waals surface area contributed by atoms with Crippen molar-refractivity contribution in [3.8, 4) is 11.1 Å². The zero-order valence-electron chi connectivity index (χ0n) is 9.87. The molecular weight excluding hydrogens is 217 g/mol. The first-order valence-electron chi connectivity index (χ1n) is 5.53. The van der Waals surface area contributed by atoms with Crippen molar-refractivity contribution in [3.05, 3.63) is 42.0 Å². The Hall–Kier alpha value is -1.97. The lowest BCUT2D eigenvalue weighted by atomic mass is 10.1. The molecule has 0 spiro atoms. The van der Waals surface area contributed by atoms with Gasteiger partial charge in [0.1, 0.15) is 5.82 Å². The van der Waals surface area contributed by atoms with Crippen LogP contribution in [0.4, 0.5) is 10.3 Å². The van der Waals surface area contributed by atoms with Gasteiger partial charge in [-0.1, -0.05) is 6.07 Å². The number of nitrogens with one attached hydrogen (secondary N) is 1. The van der Waals surface area contributed by atoms with E-state index in [1.165, 1.54) is 6.07 Å². The van der Waals surface area contributed by atoms with Crippen LogP contribution in [-0.2, 0) is 0 Å². The molecular formula is C13H14FN3. The quantitative estimate of drug-likeness (QED) is 0.882. The van der Waals surface area contributed by atoms with Crippen LogP contribution in [0, 0.1) is 12.7 Å². The molecule has 0 bridgehead atoms. The summed E-state index contributed by atoms with van der Waals surface area (Å²) in [5.74, 6) is 0.411. The second-order valence-electron chi connectivity index (χ2n) is 3.79. The summed E-state index contributed by atoms with van der Waals surface area (Å²) >= 11 is 0. The number of hydrogen-bond acceptors (Lipinski definition) is 3. The average molecular weight is 231 g/mol. The highest BCUT2D eigenvalue weighted by Crippen LogP contribution is 2.20. The zero-order valence-corrected chi connectivity index (χ0v) is 9.87. The first-order valence-corrected chi connectivity index (χ1v) is 5.53. The van der Waals surface area contributed by atoms with E-state index in [1.54, 1.807) is 31.5 Å². The third kappa shape index (κ3) is 2.58. The Morgan fingerprint density at radius 1 is 1.18 bits per heavy atom. The maximum absolute atomic E-state index is 13.1. The van der Waals surface area contributed by atoms with E-state index in [9.17, 15) is 4.39 Å². The van der Waals surface area contributed by atoms with Crippen molar-refractivity contribution in [3.63, 3.8) is 0 Å². The summed E-state index contributed by atoms with van der Waals surface area (Å²) in [6, 6.07) is 4.98. The summed E-state index contributed by atoms with van der Waals surface area (Å²) in [5.41, 5.74) is 2.43. The lowest BCUT2D eigenvalue weighted by molar-refractivity contribution is 0.619. The van der Waals surface area contributed by atoms with Gasteiger partial charge in [0, 0.05) is 24.5 Å². The minimum absolute atomic E-state index is 0.195. The molecule has 0 unspecified atom stereocenters. The highest BCUT2D eigenvalue weighted by molar-refractivity contribution is 5.62. The molecule has 0 fully saturated rings. The van der Waals surface area contributed by atoms with Gasteiger partial charge in [-0.15, -0.1) is 0 Å². The van der Waals surface area contributed by atoms with E-state index in [2.05, 4.69) is 15.3 Å². The molecule has 0 aliphatic heterocycles. The van der Waals surface area contributed by atoms with Crippen molar-refractivity contribution >= 4 is 5.95 Å². The van der Waals surface area contributed by atoms with E-state index < -0.39 is 0 Å². The molecule has 0 saturated carbocycles. The normalized spacial score (nSPS) is 10.3. The fraction of sp³-hybridized carbons (Fsp3) is 0.231. The third-order valence-electron chi connectivity index (χ3n) is 2.48. The summed E-state index contributed by atoms with van der Waals surface area (Å²) < 4.78 is 13.1. The van der Waals surface area contributed by atoms with Crippen LogP contribution >= 0.6 is 0 Å². The number of hydrogen-bond donors (Lipinski definition) is 1. The highest BCUT2D eigenvalue weighted by atomic mass is 19.1. The Morgan fingerprint density at radius 3 is 2.47 bits per heavy atom. The highest BCUT2D eigenvalue weighted by Gasteiger charge is 2.03. The minimum Gasteiger partial charge on any atom is -0.355 e. The van der Waals surface area contributed by atoms with Gasteiger partial charge in [-0.25, -0.2) is 14.4 Å². The lowest BCUT2D eigenvalue weighted by Gasteiger charge is -2.05. The predicted octanol–water partition coefficient (Wildman–Crippen LogP) is 3.02. The summed E-state index contributed by atoms with van der Waals surface area (Å²) in [6.45, 7) is 4.52. The maximum Gasteiger partial charge on any atom is 0.222 e. The van der Waals surface area contributed by atoms with Crippen LogP contribution in [0.3, 0.4) is 0 Å². The first-order chi connectivity index (χ1) is 8.20. The molecule has 0 aliphatic rings. The number of rotatable bonds is 3. The van der Waals surface area contributed by atoms with Gasteiger partial charge < -0.3 is 5.32 Å². The van der Waals surface area contributed by atoms with E-state index in [1.807, 2.05) is 6.92 Å². The summed E-state index contributed by atoms with van der Waals surface area (Å²) in [5, 5.41) is 3.02. The van der Waals surface area contributed by atoms with Gasteiger partial charge in [0.25, 0.3) is 0 Å². The van der Waals surface area contributed by atoms with Gasteiger partial charge >= 0.3 is 0 Å². The zero-order chi connectivity index (χ0) is 12.3. The largest absolute Gasteiger partial charge is 0.355 e. The van der Waals surface area contributed by atoms with Crippen LogP contribution in [0.1, 0.15) is 12.5 Å². The van der Waals surface area contributed by atoms with Gasteiger partial charge in [0.15, 0.2) is 0 Å². The van der Waals surface area contributed by atoms with Crippen LogP contribution < -0.4 is 5.32 Å². The standard InChI is InChI=1S/C13H14FN3/c1-3-15-13-16-7-11(8-17-13)10-4-5-12(14)9(2)6-10/h4-8H,3H2,1-2H3,(H,15,16,17). The molecule has 0 amide bonds. The SMILES string of the molecule is CCNc1ncc(-c2ccc(F)c(C)c2)cn1. The van der Waals surface area contributed by atoms with Gasteiger partial charge in [0.2, 0.25) is 5.95 Å². The fourth-order valence-electron chi connectivity index (χ4n) is 1.55. The van der Waals surface area contributed by atoms with Crippen molar-refractivity contribution in [2.45, 2.75) is 13.8 Å². The molecule has 2 aromatic rings. The van der Waals surface area contributed by atoms with E-state index in [0.29, 0.717) is 11.5 Å². The second kappa shape index (κ2) is 4.91. The van der Waals surface area contributed by atoms with Crippen LogP contribution in [0.15, 0.2) is 30.6 Å². The smallest absolute Gasteiger partial charge is 0.222 e. The van der Waals surface area contributed by atoms with Crippen molar-refractivity contribution in [1.82, 2.24) is 9.97 Å². The topological polar surface area (TPSA) is 37.8 Å². The van der Waals surface area contributed by atoms with E-state index in [-0.39, 0.29) is 5.82 Å². The molecule has 0 saturated heterocycles. The van der Waals surface area contributed by atoms with Crippen molar-refractivity contribution in [2.75, 3.05) is 11.9 Å². The van der Waals surface area contributed by atoms with Crippen LogP contribution in [-0.4, -0.2) is 16.5 Å². The van der Waals surface area contributed by atoms with Crippen molar-refractivity contribution in [1.29, 1.82) is 0 Å². The van der Waals surface area contributed by atoms with Crippen LogP contribution in [0.2, 0.25) is 0 Å². The summed E-state index contributed by atoms with van der Waals surface area (Å²) in [6.07, 6.45) is 3.47. The molecule has 1 aromatic heterocycles. The van der Waals surface area contributed by atoms with Gasteiger partial charge in [-0.2, -0.15) is 0 Å². The van der Waals surface area contributed by atoms with E-state index in [4.69, 9.17) is 0 Å².